The van der Waals surface area contributed by atoms with Gasteiger partial charge in [0.2, 0.25) is 0 Å². The normalized spacial score (nSPS) is 15.3. The molecule has 6 heteroatoms. The molecule has 0 N–H and O–H groups in total. The molecule has 1 amide bonds. The van der Waals surface area contributed by atoms with Crippen molar-refractivity contribution in [2.75, 3.05) is 7.11 Å². The number of aromatic nitrogens is 2. The lowest BCUT2D eigenvalue weighted by molar-refractivity contribution is 0.130. The molecule has 30 heavy (non-hydrogen) atoms. The average Bonchev–Trinajstić information content (AvgIpc) is 3.21. The Morgan fingerprint density at radius 2 is 1.87 bits per heavy atom. The van der Waals surface area contributed by atoms with Crippen LogP contribution in [0.15, 0.2) is 83.7 Å². The molecule has 1 aliphatic heterocycles. The van der Waals surface area contributed by atoms with Gasteiger partial charge >= 0.3 is 6.09 Å². The van der Waals surface area contributed by atoms with E-state index in [-0.39, 0.29) is 6.04 Å². The SMILES string of the molecule is COC(=O)N1C=Cc2ccccc2[C@@H]1c1ccc2cnc(-c3ccc(Br)cc3)cn12. The Labute approximate surface area is 182 Å². The summed E-state index contributed by atoms with van der Waals surface area (Å²) in [5, 5.41) is 0. The first-order valence-corrected chi connectivity index (χ1v) is 10.3. The molecule has 2 aromatic heterocycles. The van der Waals surface area contributed by atoms with Crippen molar-refractivity contribution in [3.05, 3.63) is 101 Å². The standard InChI is InChI=1S/C24H18BrN3O2/c1-30-24(29)27-13-12-16-4-2-3-5-20(16)23(27)22-11-10-19-14-26-21(15-28(19)22)17-6-8-18(25)9-7-17/h2-15,23H,1H3/t23-/m1/s1. The van der Waals surface area contributed by atoms with Gasteiger partial charge in [-0.15, -0.1) is 0 Å². The van der Waals surface area contributed by atoms with Crippen LogP contribution in [0.1, 0.15) is 22.9 Å². The van der Waals surface area contributed by atoms with Gasteiger partial charge in [-0.05, 0) is 41.5 Å². The average molecular weight is 460 g/mol. The Balaban J connectivity index is 1.68. The zero-order chi connectivity index (χ0) is 20.7. The minimum absolute atomic E-state index is 0.304. The van der Waals surface area contributed by atoms with Crippen LogP contribution in [0.5, 0.6) is 0 Å². The van der Waals surface area contributed by atoms with Crippen LogP contribution in [0.3, 0.4) is 0 Å². The van der Waals surface area contributed by atoms with Crippen molar-refractivity contribution >= 4 is 33.6 Å². The fourth-order valence-electron chi connectivity index (χ4n) is 3.90. The number of ether oxygens (including phenoxy) is 1. The van der Waals surface area contributed by atoms with Gasteiger partial charge in [-0.25, -0.2) is 4.79 Å². The van der Waals surface area contributed by atoms with Gasteiger partial charge in [-0.3, -0.25) is 9.88 Å². The van der Waals surface area contributed by atoms with Crippen molar-refractivity contribution in [3.8, 4) is 11.3 Å². The van der Waals surface area contributed by atoms with E-state index in [1.165, 1.54) is 7.11 Å². The molecular weight excluding hydrogens is 442 g/mol. The number of amides is 1. The minimum atomic E-state index is -0.400. The van der Waals surface area contributed by atoms with E-state index in [0.717, 1.165) is 38.1 Å². The van der Waals surface area contributed by atoms with Gasteiger partial charge in [0.1, 0.15) is 6.04 Å². The largest absolute Gasteiger partial charge is 0.452 e. The number of nitrogens with zero attached hydrogens (tertiary/aromatic N) is 3. The van der Waals surface area contributed by atoms with E-state index in [0.29, 0.717) is 0 Å². The van der Waals surface area contributed by atoms with Gasteiger partial charge in [0.25, 0.3) is 0 Å². The lowest BCUT2D eigenvalue weighted by atomic mass is 9.94. The quantitative estimate of drug-likeness (QED) is 0.374. The number of methoxy groups -OCH3 is 1. The second-order valence-electron chi connectivity index (χ2n) is 7.06. The number of halogens is 1. The molecule has 3 heterocycles. The van der Waals surface area contributed by atoms with Gasteiger partial charge in [0.05, 0.1) is 30.2 Å². The predicted octanol–water partition coefficient (Wildman–Crippen LogP) is 5.91. The van der Waals surface area contributed by atoms with E-state index >= 15 is 0 Å². The topological polar surface area (TPSA) is 46.8 Å². The van der Waals surface area contributed by atoms with Crippen molar-refractivity contribution in [2.24, 2.45) is 0 Å². The number of hydrogen-bond acceptors (Lipinski definition) is 3. The molecule has 0 saturated carbocycles. The summed E-state index contributed by atoms with van der Waals surface area (Å²) >= 11 is 3.48. The molecule has 4 aromatic rings. The molecule has 148 valence electrons. The van der Waals surface area contributed by atoms with Crippen LogP contribution >= 0.6 is 15.9 Å². The van der Waals surface area contributed by atoms with Gasteiger partial charge in [-0.1, -0.05) is 52.3 Å². The molecule has 5 nitrogen and oxygen atoms in total. The van der Waals surface area contributed by atoms with E-state index in [9.17, 15) is 4.79 Å². The number of hydrogen-bond donors (Lipinski definition) is 0. The summed E-state index contributed by atoms with van der Waals surface area (Å²) in [5.41, 5.74) is 5.94. The number of benzene rings is 2. The van der Waals surface area contributed by atoms with Crippen LogP contribution in [0.2, 0.25) is 0 Å². The zero-order valence-electron chi connectivity index (χ0n) is 16.2. The zero-order valence-corrected chi connectivity index (χ0v) is 17.8. The second kappa shape index (κ2) is 7.46. The van der Waals surface area contributed by atoms with Crippen LogP contribution < -0.4 is 0 Å². The Morgan fingerprint density at radius 1 is 1.07 bits per heavy atom. The van der Waals surface area contributed by atoms with Crippen molar-refractivity contribution in [1.82, 2.24) is 14.3 Å². The fraction of sp³-hybridized carbons (Fsp3) is 0.0833. The maximum Gasteiger partial charge on any atom is 0.414 e. The molecule has 0 saturated heterocycles. The first-order chi connectivity index (χ1) is 14.7. The highest BCUT2D eigenvalue weighted by molar-refractivity contribution is 9.10. The third-order valence-corrected chi connectivity index (χ3v) is 5.89. The van der Waals surface area contributed by atoms with Crippen LogP contribution in [-0.4, -0.2) is 27.5 Å². The molecule has 5 rings (SSSR count). The number of carbonyl (C=O) groups is 1. The van der Waals surface area contributed by atoms with Crippen molar-refractivity contribution in [1.29, 1.82) is 0 Å². The summed E-state index contributed by atoms with van der Waals surface area (Å²) in [6.07, 6.45) is 7.20. The summed E-state index contributed by atoms with van der Waals surface area (Å²) in [5.74, 6) is 0. The summed E-state index contributed by atoms with van der Waals surface area (Å²) in [6, 6.07) is 19.9. The highest BCUT2D eigenvalue weighted by atomic mass is 79.9. The Morgan fingerprint density at radius 3 is 2.67 bits per heavy atom. The third kappa shape index (κ3) is 3.09. The predicted molar refractivity (Wildman–Crippen MR) is 120 cm³/mol. The van der Waals surface area contributed by atoms with E-state index in [1.807, 2.05) is 67.0 Å². The Hall–Kier alpha value is -3.38. The Bertz CT molecular complexity index is 1280. The lowest BCUT2D eigenvalue weighted by Gasteiger charge is -2.32. The van der Waals surface area contributed by atoms with Crippen molar-refractivity contribution in [3.63, 3.8) is 0 Å². The molecule has 0 unspecified atom stereocenters. The first-order valence-electron chi connectivity index (χ1n) is 9.52. The second-order valence-corrected chi connectivity index (χ2v) is 7.97. The summed E-state index contributed by atoms with van der Waals surface area (Å²) in [6.45, 7) is 0. The molecule has 0 bridgehead atoms. The molecule has 0 spiro atoms. The molecule has 2 aromatic carbocycles. The monoisotopic (exact) mass is 459 g/mol. The summed E-state index contributed by atoms with van der Waals surface area (Å²) in [4.78, 5) is 18.8. The first kappa shape index (κ1) is 18.6. The number of rotatable bonds is 2. The molecule has 1 atom stereocenters. The molecule has 0 radical (unpaired) electrons. The molecular formula is C24H18BrN3O2. The highest BCUT2D eigenvalue weighted by Crippen LogP contribution is 2.37. The van der Waals surface area contributed by atoms with E-state index < -0.39 is 6.09 Å². The summed E-state index contributed by atoms with van der Waals surface area (Å²) < 4.78 is 8.18. The van der Waals surface area contributed by atoms with Gasteiger partial charge in [0, 0.05) is 22.4 Å². The van der Waals surface area contributed by atoms with Crippen LogP contribution in [-0.2, 0) is 4.74 Å². The fourth-order valence-corrected chi connectivity index (χ4v) is 4.16. The van der Waals surface area contributed by atoms with Crippen LogP contribution in [0, 0.1) is 0 Å². The van der Waals surface area contributed by atoms with E-state index in [1.54, 1.807) is 11.1 Å². The van der Waals surface area contributed by atoms with Gasteiger partial charge in [0.15, 0.2) is 0 Å². The molecule has 1 aliphatic rings. The Kier molecular flexibility index (Phi) is 4.64. The van der Waals surface area contributed by atoms with Crippen molar-refractivity contribution < 1.29 is 9.53 Å². The number of fused-ring (bicyclic) bond motifs is 2. The minimum Gasteiger partial charge on any atom is -0.452 e. The molecule has 0 fully saturated rings. The van der Waals surface area contributed by atoms with Gasteiger partial charge in [-0.2, -0.15) is 0 Å². The molecule has 0 aliphatic carbocycles. The van der Waals surface area contributed by atoms with E-state index in [4.69, 9.17) is 4.74 Å². The van der Waals surface area contributed by atoms with E-state index in [2.05, 4.69) is 37.4 Å². The maximum absolute atomic E-state index is 12.6. The van der Waals surface area contributed by atoms with Crippen LogP contribution in [0.25, 0.3) is 22.9 Å². The third-order valence-electron chi connectivity index (χ3n) is 5.36. The summed E-state index contributed by atoms with van der Waals surface area (Å²) in [7, 11) is 1.40. The van der Waals surface area contributed by atoms with Gasteiger partial charge < -0.3 is 9.14 Å². The van der Waals surface area contributed by atoms with Crippen LogP contribution in [0.4, 0.5) is 4.79 Å². The highest BCUT2D eigenvalue weighted by Gasteiger charge is 2.31. The lowest BCUT2D eigenvalue weighted by Crippen LogP contribution is -2.33. The smallest absolute Gasteiger partial charge is 0.414 e. The number of carbonyl (C=O) groups excluding carboxylic acids is 1. The van der Waals surface area contributed by atoms with Crippen molar-refractivity contribution in [2.45, 2.75) is 6.04 Å². The maximum atomic E-state index is 12.6.